The van der Waals surface area contributed by atoms with Crippen molar-refractivity contribution < 1.29 is 9.72 Å². The van der Waals surface area contributed by atoms with Gasteiger partial charge in [-0.1, -0.05) is 41.4 Å². The number of para-hydroxylation sites is 1. The van der Waals surface area contributed by atoms with Gasteiger partial charge in [0.2, 0.25) is 0 Å². The van der Waals surface area contributed by atoms with Gasteiger partial charge >= 0.3 is 0 Å². The highest BCUT2D eigenvalue weighted by Crippen LogP contribution is 2.23. The lowest BCUT2D eigenvalue weighted by Crippen LogP contribution is -2.13. The largest absolute Gasteiger partial charge is 0.321 e. The number of nitro benzene ring substituents is 1. The summed E-state index contributed by atoms with van der Waals surface area (Å²) in [6, 6.07) is 12.4. The zero-order valence-corrected chi connectivity index (χ0v) is 14.7. The van der Waals surface area contributed by atoms with Crippen LogP contribution in [0, 0.1) is 21.4 Å². The van der Waals surface area contributed by atoms with E-state index in [9.17, 15) is 14.9 Å². The third-order valence-corrected chi connectivity index (χ3v) is 3.59. The van der Waals surface area contributed by atoms with E-state index in [0.29, 0.717) is 21.3 Å². The molecule has 0 aliphatic rings. The number of nitro groups is 1. The number of halogens is 2. The number of nitrogens with zero attached hydrogens (tertiary/aromatic N) is 2. The van der Waals surface area contributed by atoms with E-state index in [0.717, 1.165) is 0 Å². The predicted molar refractivity (Wildman–Crippen MR) is 101 cm³/mol. The van der Waals surface area contributed by atoms with Crippen molar-refractivity contribution in [2.45, 2.75) is 0 Å². The Morgan fingerprint density at radius 2 is 1.85 bits per heavy atom. The second-order valence-electron chi connectivity index (χ2n) is 4.98. The van der Waals surface area contributed by atoms with Gasteiger partial charge in [-0.25, -0.2) is 0 Å². The molecule has 0 fully saturated rings. The van der Waals surface area contributed by atoms with Crippen LogP contribution in [0.3, 0.4) is 0 Å². The van der Waals surface area contributed by atoms with Crippen LogP contribution in [0.1, 0.15) is 5.56 Å². The number of nitrogens with one attached hydrogen (secondary N) is 1. The Morgan fingerprint density at radius 1 is 1.19 bits per heavy atom. The normalized spacial score (nSPS) is 11.2. The first-order valence-electron chi connectivity index (χ1n) is 7.20. The number of rotatable bonds is 5. The van der Waals surface area contributed by atoms with Crippen molar-refractivity contribution >= 4 is 46.6 Å². The van der Waals surface area contributed by atoms with Gasteiger partial charge in [-0.05, 0) is 36.4 Å². The zero-order valence-electron chi connectivity index (χ0n) is 13.1. The fraction of sp³-hybridized carbons (Fsp3) is 0. The van der Waals surface area contributed by atoms with E-state index < -0.39 is 10.8 Å². The van der Waals surface area contributed by atoms with Crippen LogP contribution in [0.2, 0.25) is 10.0 Å². The van der Waals surface area contributed by atoms with Gasteiger partial charge in [0.25, 0.3) is 11.6 Å². The molecule has 0 unspecified atom stereocenters. The van der Waals surface area contributed by atoms with Crippen molar-refractivity contribution in [2.75, 3.05) is 5.32 Å². The van der Waals surface area contributed by atoms with Crippen LogP contribution in [0.4, 0.5) is 11.4 Å². The van der Waals surface area contributed by atoms with Gasteiger partial charge in [-0.2, -0.15) is 5.26 Å². The van der Waals surface area contributed by atoms with Crippen LogP contribution in [0.25, 0.3) is 6.08 Å². The van der Waals surface area contributed by atoms with Crippen LogP contribution >= 0.6 is 23.2 Å². The molecule has 1 amide bonds. The highest BCUT2D eigenvalue weighted by molar-refractivity contribution is 6.35. The Labute approximate surface area is 159 Å². The molecule has 0 bridgehead atoms. The lowest BCUT2D eigenvalue weighted by molar-refractivity contribution is -0.385. The second-order valence-corrected chi connectivity index (χ2v) is 5.85. The van der Waals surface area contributed by atoms with E-state index in [-0.39, 0.29) is 11.3 Å². The molecule has 0 saturated carbocycles. The average Bonchev–Trinajstić information content (AvgIpc) is 2.58. The summed E-state index contributed by atoms with van der Waals surface area (Å²) in [5.41, 5.74) is 0.439. The van der Waals surface area contributed by atoms with E-state index >= 15 is 0 Å². The van der Waals surface area contributed by atoms with E-state index in [4.69, 9.17) is 28.5 Å². The van der Waals surface area contributed by atoms with Gasteiger partial charge < -0.3 is 5.32 Å². The maximum Gasteiger partial charge on any atom is 0.276 e. The Kier molecular flexibility index (Phi) is 6.50. The summed E-state index contributed by atoms with van der Waals surface area (Å²) in [5.74, 6) is -0.655. The van der Waals surface area contributed by atoms with E-state index in [2.05, 4.69) is 5.32 Å². The van der Waals surface area contributed by atoms with Crippen LogP contribution in [-0.2, 0) is 4.79 Å². The number of benzene rings is 2. The van der Waals surface area contributed by atoms with Crippen molar-refractivity contribution in [3.05, 3.63) is 85.9 Å². The first kappa shape index (κ1) is 19.2. The molecule has 0 saturated heterocycles. The minimum absolute atomic E-state index is 0.0753. The van der Waals surface area contributed by atoms with Crippen molar-refractivity contribution in [3.8, 4) is 6.07 Å². The van der Waals surface area contributed by atoms with E-state index in [1.165, 1.54) is 42.5 Å². The van der Waals surface area contributed by atoms with Crippen LogP contribution < -0.4 is 5.32 Å². The molecular formula is C18H11Cl2N3O3. The molecule has 0 spiro atoms. The van der Waals surface area contributed by atoms with Gasteiger partial charge in [0, 0.05) is 21.8 Å². The smallest absolute Gasteiger partial charge is 0.276 e. The van der Waals surface area contributed by atoms with E-state index in [1.54, 1.807) is 24.3 Å². The molecule has 0 atom stereocenters. The zero-order chi connectivity index (χ0) is 19.1. The molecule has 0 aliphatic carbocycles. The van der Waals surface area contributed by atoms with Crippen LogP contribution in [-0.4, -0.2) is 10.8 Å². The summed E-state index contributed by atoms with van der Waals surface area (Å²) in [7, 11) is 0. The molecular weight excluding hydrogens is 377 g/mol. The van der Waals surface area contributed by atoms with Gasteiger partial charge in [0.05, 0.1) is 10.5 Å². The summed E-state index contributed by atoms with van der Waals surface area (Å²) < 4.78 is 0. The first-order chi connectivity index (χ1) is 12.4. The molecule has 2 rings (SSSR count). The summed E-state index contributed by atoms with van der Waals surface area (Å²) in [4.78, 5) is 22.6. The second kappa shape index (κ2) is 8.81. The number of hydrogen-bond acceptors (Lipinski definition) is 4. The molecule has 0 aromatic heterocycles. The first-order valence-corrected chi connectivity index (χ1v) is 7.95. The summed E-state index contributed by atoms with van der Waals surface area (Å²) in [6.45, 7) is 0. The van der Waals surface area contributed by atoms with Crippen molar-refractivity contribution in [1.29, 1.82) is 5.26 Å². The lowest BCUT2D eigenvalue weighted by Gasteiger charge is -2.05. The summed E-state index contributed by atoms with van der Waals surface area (Å²) in [6.07, 6.45) is 4.10. The Bertz CT molecular complexity index is 942. The number of nitriles is 1. The van der Waals surface area contributed by atoms with Crippen molar-refractivity contribution in [2.24, 2.45) is 0 Å². The van der Waals surface area contributed by atoms with Crippen molar-refractivity contribution in [1.82, 2.24) is 0 Å². The molecule has 1 N–H and O–H groups in total. The summed E-state index contributed by atoms with van der Waals surface area (Å²) in [5, 5.41) is 23.3. The monoisotopic (exact) mass is 387 g/mol. The standard InChI is InChI=1S/C18H11Cl2N3O3/c19-14-8-15(20)10-16(9-14)22-18(24)13(11-21)6-3-5-12-4-1-2-7-17(12)23(25)26/h1-10H,(H,22,24)/b5-3+,13-6+. The molecule has 130 valence electrons. The quantitative estimate of drug-likeness (QED) is 0.256. The number of carbonyl (C=O) groups excluding carboxylic acids is 1. The molecule has 6 nitrogen and oxygen atoms in total. The highest BCUT2D eigenvalue weighted by Gasteiger charge is 2.11. The minimum Gasteiger partial charge on any atom is -0.321 e. The van der Waals surface area contributed by atoms with Gasteiger partial charge in [0.15, 0.2) is 0 Å². The number of allylic oxidation sites excluding steroid dienone is 2. The molecule has 0 aliphatic heterocycles. The molecule has 0 heterocycles. The fourth-order valence-corrected chi connectivity index (χ4v) is 2.56. The Hall–Kier alpha value is -3.14. The number of carbonyl (C=O) groups is 1. The predicted octanol–water partition coefficient (Wildman–Crippen LogP) is 5.00. The highest BCUT2D eigenvalue weighted by atomic mass is 35.5. The van der Waals surface area contributed by atoms with Crippen LogP contribution in [0.5, 0.6) is 0 Å². The number of hydrogen-bond donors (Lipinski definition) is 1. The minimum atomic E-state index is -0.655. The lowest BCUT2D eigenvalue weighted by atomic mass is 10.1. The van der Waals surface area contributed by atoms with Gasteiger partial charge in [-0.15, -0.1) is 0 Å². The topological polar surface area (TPSA) is 96.0 Å². The molecule has 2 aromatic rings. The summed E-state index contributed by atoms with van der Waals surface area (Å²) >= 11 is 11.7. The van der Waals surface area contributed by atoms with Gasteiger partial charge in [0.1, 0.15) is 11.6 Å². The van der Waals surface area contributed by atoms with E-state index in [1.807, 2.05) is 0 Å². The fourth-order valence-electron chi connectivity index (χ4n) is 2.03. The Morgan fingerprint density at radius 3 is 2.46 bits per heavy atom. The number of anilines is 1. The Balaban J connectivity index is 2.18. The van der Waals surface area contributed by atoms with Gasteiger partial charge in [-0.3, -0.25) is 14.9 Å². The molecule has 8 heteroatoms. The molecule has 26 heavy (non-hydrogen) atoms. The molecule has 2 aromatic carbocycles. The average molecular weight is 388 g/mol. The van der Waals surface area contributed by atoms with Crippen molar-refractivity contribution in [3.63, 3.8) is 0 Å². The van der Waals surface area contributed by atoms with Crippen LogP contribution in [0.15, 0.2) is 60.2 Å². The number of amides is 1. The molecule has 0 radical (unpaired) electrons. The maximum absolute atomic E-state index is 12.2. The maximum atomic E-state index is 12.2. The SMILES string of the molecule is N#C/C(=C\C=C\c1ccccc1[N+](=O)[O-])C(=O)Nc1cc(Cl)cc(Cl)c1. The third-order valence-electron chi connectivity index (χ3n) is 3.16. The third kappa shape index (κ3) is 5.18.